The van der Waals surface area contributed by atoms with Gasteiger partial charge in [-0.25, -0.2) is 0 Å². The molecule has 1 aliphatic heterocycles. The van der Waals surface area contributed by atoms with Gasteiger partial charge in [0.25, 0.3) is 11.8 Å². The Balaban J connectivity index is 2.12. The standard InChI is InChI=1S/C22H29N3O6/c1-22(2,3)31-17(27)11-6-12-24-15-9-5-8-14-18(15)21(30)25(20(14)29)16(10-7-13-26)19(28)23-4/h5,8-9,13,16,24H,6-7,10-12H2,1-4H3,(H,23,28). The Morgan fingerprint density at radius 1 is 1.19 bits per heavy atom. The Bertz CT molecular complexity index is 874. The Morgan fingerprint density at radius 2 is 1.90 bits per heavy atom. The molecular formula is C22H29N3O6. The lowest BCUT2D eigenvalue weighted by Crippen LogP contribution is -2.48. The number of nitrogens with zero attached hydrogens (tertiary/aromatic N) is 1. The lowest BCUT2D eigenvalue weighted by molar-refractivity contribution is -0.154. The predicted molar refractivity (Wildman–Crippen MR) is 114 cm³/mol. The molecule has 1 aromatic carbocycles. The molecule has 31 heavy (non-hydrogen) atoms. The third-order valence-corrected chi connectivity index (χ3v) is 4.66. The number of esters is 1. The summed E-state index contributed by atoms with van der Waals surface area (Å²) in [4.78, 5) is 61.8. The number of benzene rings is 1. The van der Waals surface area contributed by atoms with Crippen molar-refractivity contribution >= 4 is 35.7 Å². The van der Waals surface area contributed by atoms with Gasteiger partial charge in [-0.15, -0.1) is 0 Å². The highest BCUT2D eigenvalue weighted by Gasteiger charge is 2.43. The van der Waals surface area contributed by atoms with E-state index < -0.39 is 29.4 Å². The van der Waals surface area contributed by atoms with E-state index in [4.69, 9.17) is 4.74 Å². The fourth-order valence-corrected chi connectivity index (χ4v) is 3.35. The van der Waals surface area contributed by atoms with Gasteiger partial charge in [0.05, 0.1) is 11.1 Å². The Morgan fingerprint density at radius 3 is 2.52 bits per heavy atom. The highest BCUT2D eigenvalue weighted by Crippen LogP contribution is 2.31. The van der Waals surface area contributed by atoms with Crippen LogP contribution in [0.15, 0.2) is 18.2 Å². The number of hydrogen-bond acceptors (Lipinski definition) is 7. The van der Waals surface area contributed by atoms with Crippen LogP contribution in [0.2, 0.25) is 0 Å². The lowest BCUT2D eigenvalue weighted by Gasteiger charge is -2.24. The van der Waals surface area contributed by atoms with Crippen LogP contribution in [-0.4, -0.2) is 60.1 Å². The van der Waals surface area contributed by atoms with Crippen molar-refractivity contribution in [3.05, 3.63) is 29.3 Å². The molecule has 3 amide bonds. The molecule has 0 fully saturated rings. The smallest absolute Gasteiger partial charge is 0.306 e. The number of hydrogen-bond donors (Lipinski definition) is 2. The first-order chi connectivity index (χ1) is 14.6. The van der Waals surface area contributed by atoms with Gasteiger partial charge < -0.3 is 20.2 Å². The molecule has 1 atom stereocenters. The number of nitrogens with one attached hydrogen (secondary N) is 2. The summed E-state index contributed by atoms with van der Waals surface area (Å²) >= 11 is 0. The summed E-state index contributed by atoms with van der Waals surface area (Å²) in [5, 5.41) is 5.54. The number of fused-ring (bicyclic) bond motifs is 1. The van der Waals surface area contributed by atoms with Crippen LogP contribution in [0, 0.1) is 0 Å². The van der Waals surface area contributed by atoms with Crippen LogP contribution in [-0.2, 0) is 19.1 Å². The average molecular weight is 431 g/mol. The van der Waals surface area contributed by atoms with Crippen LogP contribution in [0.5, 0.6) is 0 Å². The van der Waals surface area contributed by atoms with Crippen LogP contribution in [0.1, 0.15) is 67.2 Å². The Hall–Kier alpha value is -3.23. The van der Waals surface area contributed by atoms with Gasteiger partial charge in [0.1, 0.15) is 17.9 Å². The second kappa shape index (κ2) is 10.2. The van der Waals surface area contributed by atoms with Gasteiger partial charge in [0.2, 0.25) is 5.91 Å². The molecule has 1 unspecified atom stereocenters. The summed E-state index contributed by atoms with van der Waals surface area (Å²) in [6.07, 6.45) is 1.42. The maximum Gasteiger partial charge on any atom is 0.306 e. The molecule has 168 valence electrons. The monoisotopic (exact) mass is 431 g/mol. The molecule has 0 radical (unpaired) electrons. The largest absolute Gasteiger partial charge is 0.460 e. The summed E-state index contributed by atoms with van der Waals surface area (Å²) < 4.78 is 5.27. The van der Waals surface area contributed by atoms with Crippen molar-refractivity contribution in [2.45, 2.75) is 58.1 Å². The minimum atomic E-state index is -1.07. The number of carbonyl (C=O) groups is 5. The van der Waals surface area contributed by atoms with Crippen molar-refractivity contribution in [3.63, 3.8) is 0 Å². The van der Waals surface area contributed by atoms with Crippen LogP contribution in [0.4, 0.5) is 5.69 Å². The van der Waals surface area contributed by atoms with Crippen molar-refractivity contribution in [3.8, 4) is 0 Å². The molecule has 0 bridgehead atoms. The first kappa shape index (κ1) is 24.0. The van der Waals surface area contributed by atoms with Gasteiger partial charge in [-0.2, -0.15) is 0 Å². The van der Waals surface area contributed by atoms with Crippen molar-refractivity contribution in [2.24, 2.45) is 0 Å². The van der Waals surface area contributed by atoms with E-state index in [1.807, 2.05) is 0 Å². The SMILES string of the molecule is CNC(=O)C(CCC=O)N1C(=O)c2cccc(NCCCC(=O)OC(C)(C)C)c2C1=O. The Labute approximate surface area is 181 Å². The quantitative estimate of drug-likeness (QED) is 0.251. The second-order valence-electron chi connectivity index (χ2n) is 8.20. The summed E-state index contributed by atoms with van der Waals surface area (Å²) in [5.74, 6) is -1.98. The number of rotatable bonds is 10. The Kier molecular flexibility index (Phi) is 7.90. The molecule has 0 saturated heterocycles. The minimum absolute atomic E-state index is 0.0429. The molecule has 1 aliphatic rings. The van der Waals surface area contributed by atoms with E-state index in [0.29, 0.717) is 24.9 Å². The molecule has 2 N–H and O–H groups in total. The van der Waals surface area contributed by atoms with E-state index in [2.05, 4.69) is 10.6 Å². The van der Waals surface area contributed by atoms with Crippen molar-refractivity contribution < 1.29 is 28.7 Å². The highest BCUT2D eigenvalue weighted by atomic mass is 16.6. The zero-order valence-electron chi connectivity index (χ0n) is 18.3. The molecule has 2 rings (SSSR count). The van der Waals surface area contributed by atoms with Crippen LogP contribution in [0.3, 0.4) is 0 Å². The normalized spacial score (nSPS) is 14.1. The molecule has 9 heteroatoms. The number of likely N-dealkylation sites (N-methyl/N-ethyl adjacent to an activating group) is 1. The first-order valence-corrected chi connectivity index (χ1v) is 10.2. The van der Waals surface area contributed by atoms with Crippen LogP contribution < -0.4 is 10.6 Å². The molecular weight excluding hydrogens is 402 g/mol. The van der Waals surface area contributed by atoms with E-state index in [0.717, 1.165) is 4.90 Å². The average Bonchev–Trinajstić information content (AvgIpc) is 2.95. The van der Waals surface area contributed by atoms with Crippen molar-refractivity contribution in [1.29, 1.82) is 0 Å². The number of anilines is 1. The molecule has 1 heterocycles. The molecule has 9 nitrogen and oxygen atoms in total. The summed E-state index contributed by atoms with van der Waals surface area (Å²) in [5.41, 5.74) is 0.284. The molecule has 0 spiro atoms. The summed E-state index contributed by atoms with van der Waals surface area (Å²) in [6.45, 7) is 5.78. The number of imide groups is 1. The fraction of sp³-hybridized carbons (Fsp3) is 0.500. The molecule has 0 aromatic heterocycles. The number of aldehydes is 1. The minimum Gasteiger partial charge on any atom is -0.460 e. The van der Waals surface area contributed by atoms with E-state index >= 15 is 0 Å². The van der Waals surface area contributed by atoms with Gasteiger partial charge >= 0.3 is 5.97 Å². The maximum absolute atomic E-state index is 13.1. The van der Waals surface area contributed by atoms with Crippen LogP contribution >= 0.6 is 0 Å². The summed E-state index contributed by atoms with van der Waals surface area (Å²) in [7, 11) is 1.41. The first-order valence-electron chi connectivity index (χ1n) is 10.2. The van der Waals surface area contributed by atoms with Gasteiger partial charge in [0, 0.05) is 32.1 Å². The van der Waals surface area contributed by atoms with E-state index in [1.165, 1.54) is 13.1 Å². The van der Waals surface area contributed by atoms with Crippen molar-refractivity contribution in [1.82, 2.24) is 10.2 Å². The zero-order valence-corrected chi connectivity index (χ0v) is 18.3. The molecule has 1 aromatic rings. The van der Waals surface area contributed by atoms with E-state index in [9.17, 15) is 24.0 Å². The fourth-order valence-electron chi connectivity index (χ4n) is 3.35. The van der Waals surface area contributed by atoms with Crippen LogP contribution in [0.25, 0.3) is 0 Å². The second-order valence-corrected chi connectivity index (χ2v) is 8.20. The maximum atomic E-state index is 13.1. The van der Waals surface area contributed by atoms with Gasteiger partial charge in [-0.1, -0.05) is 6.07 Å². The number of ether oxygens (including phenoxy) is 1. The van der Waals surface area contributed by atoms with E-state index in [1.54, 1.807) is 32.9 Å². The van der Waals surface area contributed by atoms with Gasteiger partial charge in [-0.05, 0) is 45.7 Å². The number of carbonyl (C=O) groups excluding carboxylic acids is 5. The van der Waals surface area contributed by atoms with Crippen molar-refractivity contribution in [2.75, 3.05) is 18.9 Å². The summed E-state index contributed by atoms with van der Waals surface area (Å²) in [6, 6.07) is 3.77. The van der Waals surface area contributed by atoms with Gasteiger partial charge in [-0.3, -0.25) is 24.1 Å². The lowest BCUT2D eigenvalue weighted by atomic mass is 10.1. The van der Waals surface area contributed by atoms with Gasteiger partial charge in [0.15, 0.2) is 0 Å². The highest BCUT2D eigenvalue weighted by molar-refractivity contribution is 6.25. The topological polar surface area (TPSA) is 122 Å². The molecule has 0 aliphatic carbocycles. The number of amides is 3. The predicted octanol–water partition coefficient (Wildman–Crippen LogP) is 1.91. The zero-order chi connectivity index (χ0) is 23.2. The third-order valence-electron chi connectivity index (χ3n) is 4.66. The molecule has 0 saturated carbocycles. The third kappa shape index (κ3) is 5.90. The van der Waals surface area contributed by atoms with E-state index in [-0.39, 0.29) is 36.4 Å².